The van der Waals surface area contributed by atoms with Crippen molar-refractivity contribution in [2.75, 3.05) is 6.54 Å². The van der Waals surface area contributed by atoms with Crippen molar-refractivity contribution >= 4 is 27.8 Å². The minimum atomic E-state index is -0.0913. The van der Waals surface area contributed by atoms with Crippen LogP contribution in [-0.2, 0) is 0 Å². The molecule has 0 bridgehead atoms. The van der Waals surface area contributed by atoms with Gasteiger partial charge >= 0.3 is 0 Å². The largest absolute Gasteiger partial charge is 0.456 e. The first-order chi connectivity index (χ1) is 16.1. The maximum atomic E-state index is 12.8. The summed E-state index contributed by atoms with van der Waals surface area (Å²) in [4.78, 5) is 25.3. The zero-order valence-corrected chi connectivity index (χ0v) is 18.3. The number of nitrogens with zero attached hydrogens (tertiary/aromatic N) is 2. The van der Waals surface area contributed by atoms with Gasteiger partial charge in [0.2, 0.25) is 0 Å². The highest BCUT2D eigenvalue weighted by molar-refractivity contribution is 6.00. The van der Waals surface area contributed by atoms with Crippen molar-refractivity contribution in [2.45, 2.75) is 19.8 Å². The predicted molar refractivity (Wildman–Crippen MR) is 134 cm³/mol. The van der Waals surface area contributed by atoms with Crippen LogP contribution in [0.25, 0.3) is 44.7 Å². The zero-order chi connectivity index (χ0) is 22.8. The zero-order valence-electron chi connectivity index (χ0n) is 18.3. The Morgan fingerprint density at radius 3 is 2.70 bits per heavy atom. The first-order valence-corrected chi connectivity index (χ1v) is 11.1. The summed E-state index contributed by atoms with van der Waals surface area (Å²) >= 11 is 0. The van der Waals surface area contributed by atoms with E-state index in [0.29, 0.717) is 28.4 Å². The quantitative estimate of drug-likeness (QED) is 0.208. The Balaban J connectivity index is 1.50. The summed E-state index contributed by atoms with van der Waals surface area (Å²) in [6, 6.07) is 22.5. The lowest BCUT2D eigenvalue weighted by molar-refractivity contribution is 0.619. The molecule has 2 aromatic heterocycles. The molecule has 164 valence electrons. The summed E-state index contributed by atoms with van der Waals surface area (Å²) in [6.07, 6.45) is 2.09. The Morgan fingerprint density at radius 1 is 1.03 bits per heavy atom. The maximum Gasteiger partial charge on any atom is 0.193 e. The first kappa shape index (κ1) is 20.7. The fourth-order valence-corrected chi connectivity index (χ4v) is 3.80. The van der Waals surface area contributed by atoms with E-state index in [0.717, 1.165) is 47.1 Å². The van der Waals surface area contributed by atoms with E-state index in [2.05, 4.69) is 16.9 Å². The molecule has 6 heteroatoms. The van der Waals surface area contributed by atoms with Crippen LogP contribution in [0.1, 0.15) is 25.3 Å². The maximum absolute atomic E-state index is 12.8. The van der Waals surface area contributed by atoms with Gasteiger partial charge in [-0.2, -0.15) is 0 Å². The molecule has 33 heavy (non-hydrogen) atoms. The summed E-state index contributed by atoms with van der Waals surface area (Å²) in [7, 11) is 0. The van der Waals surface area contributed by atoms with Gasteiger partial charge in [-0.15, -0.1) is 0 Å². The van der Waals surface area contributed by atoms with Crippen LogP contribution in [0.2, 0.25) is 0 Å². The Labute approximate surface area is 190 Å². The third-order valence-electron chi connectivity index (χ3n) is 5.63. The molecule has 0 spiro atoms. The number of nitrogens with one attached hydrogen (secondary N) is 1. The SMILES string of the molecule is CCCCN=C(N)c1ccc2nc(-c3ccc4oc(-c5ccccc5)cc(=O)c4c3)[nH]c2c1. The molecule has 0 aliphatic heterocycles. The van der Waals surface area contributed by atoms with E-state index in [1.807, 2.05) is 66.7 Å². The number of aromatic amines is 1. The summed E-state index contributed by atoms with van der Waals surface area (Å²) in [5, 5.41) is 0.514. The first-order valence-electron chi connectivity index (χ1n) is 11.1. The van der Waals surface area contributed by atoms with Crippen LogP contribution < -0.4 is 11.2 Å². The number of rotatable bonds is 6. The molecule has 0 amide bonds. The molecule has 0 atom stereocenters. The number of hydrogen-bond donors (Lipinski definition) is 2. The molecule has 0 radical (unpaired) electrons. The number of aliphatic imine (C=N–C) groups is 1. The molecule has 0 aliphatic rings. The average molecular weight is 437 g/mol. The summed E-state index contributed by atoms with van der Waals surface area (Å²) in [6.45, 7) is 2.85. The number of imidazole rings is 1. The molecule has 6 nitrogen and oxygen atoms in total. The standard InChI is InChI=1S/C27H24N4O2/c1-2-3-13-29-26(28)18-9-11-21-22(15-18)31-27(30-21)19-10-12-24-20(14-19)23(32)16-25(33-24)17-7-5-4-6-8-17/h4-12,14-16H,2-3,13H2,1H3,(H2,28,29)(H,30,31). The normalized spacial score (nSPS) is 12.0. The van der Waals surface area contributed by atoms with E-state index in [1.165, 1.54) is 6.07 Å². The smallest absolute Gasteiger partial charge is 0.193 e. The number of H-pyrrole nitrogens is 1. The van der Waals surface area contributed by atoms with Crippen LogP contribution in [0.3, 0.4) is 0 Å². The van der Waals surface area contributed by atoms with Crippen molar-refractivity contribution in [3.05, 3.63) is 88.6 Å². The minimum Gasteiger partial charge on any atom is -0.456 e. The number of amidine groups is 1. The van der Waals surface area contributed by atoms with Gasteiger partial charge in [-0.05, 0) is 42.8 Å². The topological polar surface area (TPSA) is 97.3 Å². The highest BCUT2D eigenvalue weighted by Gasteiger charge is 2.11. The fraction of sp³-hybridized carbons (Fsp3) is 0.148. The minimum absolute atomic E-state index is 0.0913. The van der Waals surface area contributed by atoms with Gasteiger partial charge in [0.15, 0.2) is 5.43 Å². The van der Waals surface area contributed by atoms with Crippen molar-refractivity contribution in [3.63, 3.8) is 0 Å². The van der Waals surface area contributed by atoms with Gasteiger partial charge in [-0.1, -0.05) is 43.7 Å². The molecule has 0 fully saturated rings. The van der Waals surface area contributed by atoms with Crippen LogP contribution in [0.15, 0.2) is 87.0 Å². The van der Waals surface area contributed by atoms with E-state index in [-0.39, 0.29) is 5.43 Å². The van der Waals surface area contributed by atoms with E-state index in [1.54, 1.807) is 0 Å². The van der Waals surface area contributed by atoms with Gasteiger partial charge in [0, 0.05) is 29.3 Å². The lowest BCUT2D eigenvalue weighted by Crippen LogP contribution is -2.13. The molecular weight excluding hydrogens is 412 g/mol. The van der Waals surface area contributed by atoms with E-state index in [9.17, 15) is 4.79 Å². The molecule has 0 saturated carbocycles. The third-order valence-corrected chi connectivity index (χ3v) is 5.63. The van der Waals surface area contributed by atoms with Crippen LogP contribution >= 0.6 is 0 Å². The second-order valence-electron chi connectivity index (χ2n) is 7.99. The van der Waals surface area contributed by atoms with E-state index < -0.39 is 0 Å². The molecule has 3 N–H and O–H groups in total. The summed E-state index contributed by atoms with van der Waals surface area (Å²) < 4.78 is 6.00. The van der Waals surface area contributed by atoms with Crippen LogP contribution in [-0.4, -0.2) is 22.3 Å². The van der Waals surface area contributed by atoms with Gasteiger partial charge in [0.05, 0.1) is 16.4 Å². The number of benzene rings is 3. The molecular formula is C27H24N4O2. The molecule has 0 saturated heterocycles. The van der Waals surface area contributed by atoms with Crippen LogP contribution in [0.5, 0.6) is 0 Å². The molecule has 0 unspecified atom stereocenters. The third kappa shape index (κ3) is 4.15. The Morgan fingerprint density at radius 2 is 1.88 bits per heavy atom. The number of nitrogens with two attached hydrogens (primary N) is 1. The van der Waals surface area contributed by atoms with Crippen molar-refractivity contribution in [2.24, 2.45) is 10.7 Å². The lowest BCUT2D eigenvalue weighted by atomic mass is 10.1. The monoisotopic (exact) mass is 436 g/mol. The second-order valence-corrected chi connectivity index (χ2v) is 7.99. The summed E-state index contributed by atoms with van der Waals surface area (Å²) in [5.41, 5.74) is 10.8. The fourth-order valence-electron chi connectivity index (χ4n) is 3.80. The lowest BCUT2D eigenvalue weighted by Gasteiger charge is -2.04. The molecule has 0 aliphatic carbocycles. The highest BCUT2D eigenvalue weighted by Crippen LogP contribution is 2.27. The van der Waals surface area contributed by atoms with Crippen LogP contribution in [0, 0.1) is 0 Å². The van der Waals surface area contributed by atoms with Gasteiger partial charge < -0.3 is 15.1 Å². The Bertz CT molecular complexity index is 1530. The van der Waals surface area contributed by atoms with Crippen LogP contribution in [0.4, 0.5) is 0 Å². The van der Waals surface area contributed by atoms with Gasteiger partial charge in [0.1, 0.15) is 23.0 Å². The van der Waals surface area contributed by atoms with Crippen molar-refractivity contribution < 1.29 is 4.42 Å². The second kappa shape index (κ2) is 8.74. The molecule has 5 rings (SSSR count). The molecule has 2 heterocycles. The van der Waals surface area contributed by atoms with Crippen molar-refractivity contribution in [1.82, 2.24) is 9.97 Å². The Kier molecular flexibility index (Phi) is 5.48. The molecule has 3 aromatic carbocycles. The van der Waals surface area contributed by atoms with E-state index >= 15 is 0 Å². The number of fused-ring (bicyclic) bond motifs is 2. The predicted octanol–water partition coefficient (Wildman–Crippen LogP) is 5.51. The number of aromatic nitrogens is 2. The van der Waals surface area contributed by atoms with Gasteiger partial charge in [0.25, 0.3) is 0 Å². The van der Waals surface area contributed by atoms with E-state index in [4.69, 9.17) is 15.1 Å². The van der Waals surface area contributed by atoms with Gasteiger partial charge in [-0.25, -0.2) is 4.98 Å². The van der Waals surface area contributed by atoms with Crippen molar-refractivity contribution in [1.29, 1.82) is 0 Å². The van der Waals surface area contributed by atoms with Gasteiger partial charge in [-0.3, -0.25) is 9.79 Å². The highest BCUT2D eigenvalue weighted by atomic mass is 16.3. The number of hydrogen-bond acceptors (Lipinski definition) is 4. The summed E-state index contributed by atoms with van der Waals surface area (Å²) in [5.74, 6) is 1.76. The van der Waals surface area contributed by atoms with Crippen molar-refractivity contribution in [3.8, 4) is 22.7 Å². The number of unbranched alkanes of at least 4 members (excludes halogenated alkanes) is 1. The molecule has 5 aromatic rings. The Hall–Kier alpha value is -4.19. The average Bonchev–Trinajstić information content (AvgIpc) is 3.28.